The maximum atomic E-state index is 11.7. The van der Waals surface area contributed by atoms with Crippen molar-refractivity contribution < 1.29 is 19.4 Å². The standard InChI is InChI=1S/C10H17NO4/c1-10(9(13)14)5-3-4-6-11(10)8(12)7-15-2/h3-7H2,1-2H3,(H,13,14). The summed E-state index contributed by atoms with van der Waals surface area (Å²) in [5.74, 6) is -1.19. The second kappa shape index (κ2) is 4.61. The molecule has 0 aromatic carbocycles. The van der Waals surface area contributed by atoms with Crippen molar-refractivity contribution in [2.75, 3.05) is 20.3 Å². The minimum atomic E-state index is -1.06. The van der Waals surface area contributed by atoms with Gasteiger partial charge in [-0.2, -0.15) is 0 Å². The number of amides is 1. The Morgan fingerprint density at radius 2 is 2.13 bits per heavy atom. The summed E-state index contributed by atoms with van der Waals surface area (Å²) in [7, 11) is 1.43. The first-order valence-corrected chi connectivity index (χ1v) is 5.05. The van der Waals surface area contributed by atoms with Crippen LogP contribution in [0.3, 0.4) is 0 Å². The number of hydrogen-bond acceptors (Lipinski definition) is 3. The summed E-state index contributed by atoms with van der Waals surface area (Å²) in [6.07, 6.45) is 2.22. The highest BCUT2D eigenvalue weighted by molar-refractivity contribution is 5.87. The molecule has 5 heteroatoms. The van der Waals surface area contributed by atoms with Crippen LogP contribution in [0.15, 0.2) is 0 Å². The summed E-state index contributed by atoms with van der Waals surface area (Å²) in [6.45, 7) is 2.05. The molecule has 0 bridgehead atoms. The molecule has 1 aliphatic rings. The van der Waals surface area contributed by atoms with E-state index in [4.69, 9.17) is 9.84 Å². The zero-order chi connectivity index (χ0) is 11.5. The van der Waals surface area contributed by atoms with Crippen LogP contribution in [0.1, 0.15) is 26.2 Å². The van der Waals surface area contributed by atoms with Crippen LogP contribution in [0.5, 0.6) is 0 Å². The molecular weight excluding hydrogens is 198 g/mol. The first-order chi connectivity index (χ1) is 7.02. The van der Waals surface area contributed by atoms with E-state index in [9.17, 15) is 9.59 Å². The van der Waals surface area contributed by atoms with Crippen molar-refractivity contribution in [1.29, 1.82) is 0 Å². The topological polar surface area (TPSA) is 66.8 Å². The number of hydrogen-bond donors (Lipinski definition) is 1. The lowest BCUT2D eigenvalue weighted by atomic mass is 9.88. The van der Waals surface area contributed by atoms with E-state index < -0.39 is 11.5 Å². The minimum absolute atomic E-state index is 0.0527. The van der Waals surface area contributed by atoms with Gasteiger partial charge in [-0.15, -0.1) is 0 Å². The molecule has 0 aromatic rings. The molecule has 1 fully saturated rings. The number of aliphatic carboxylic acids is 1. The number of carbonyl (C=O) groups excluding carboxylic acids is 1. The SMILES string of the molecule is COCC(=O)N1CCCCC1(C)C(=O)O. The molecule has 0 aliphatic carbocycles. The zero-order valence-corrected chi connectivity index (χ0v) is 9.15. The molecule has 0 aromatic heterocycles. The van der Waals surface area contributed by atoms with Crippen LogP contribution in [-0.2, 0) is 14.3 Å². The van der Waals surface area contributed by atoms with Gasteiger partial charge in [0.25, 0.3) is 0 Å². The van der Waals surface area contributed by atoms with Gasteiger partial charge in [-0.3, -0.25) is 4.79 Å². The number of carboxylic acids is 1. The lowest BCUT2D eigenvalue weighted by Gasteiger charge is -2.41. The molecular formula is C10H17NO4. The normalized spacial score (nSPS) is 26.4. The van der Waals surface area contributed by atoms with E-state index in [-0.39, 0.29) is 12.5 Å². The molecule has 86 valence electrons. The predicted molar refractivity (Wildman–Crippen MR) is 53.5 cm³/mol. The fourth-order valence-corrected chi connectivity index (χ4v) is 1.94. The van der Waals surface area contributed by atoms with Crippen molar-refractivity contribution in [1.82, 2.24) is 4.90 Å². The Hall–Kier alpha value is -1.10. The predicted octanol–water partition coefficient (Wildman–Crippen LogP) is 0.489. The molecule has 15 heavy (non-hydrogen) atoms. The van der Waals surface area contributed by atoms with Gasteiger partial charge in [0.15, 0.2) is 0 Å². The molecule has 1 atom stereocenters. The van der Waals surface area contributed by atoms with Gasteiger partial charge in [0, 0.05) is 13.7 Å². The van der Waals surface area contributed by atoms with Crippen molar-refractivity contribution >= 4 is 11.9 Å². The quantitative estimate of drug-likeness (QED) is 0.744. The van der Waals surface area contributed by atoms with E-state index in [1.54, 1.807) is 6.92 Å². The average Bonchev–Trinajstić information content (AvgIpc) is 2.18. The van der Waals surface area contributed by atoms with Crippen molar-refractivity contribution in [3.63, 3.8) is 0 Å². The summed E-state index contributed by atoms with van der Waals surface area (Å²) in [5, 5.41) is 9.15. The Balaban J connectivity index is 2.82. The molecule has 1 amide bonds. The number of rotatable bonds is 3. The van der Waals surface area contributed by atoms with Gasteiger partial charge in [-0.1, -0.05) is 0 Å². The highest BCUT2D eigenvalue weighted by Crippen LogP contribution is 2.28. The first-order valence-electron chi connectivity index (χ1n) is 5.05. The minimum Gasteiger partial charge on any atom is -0.480 e. The number of carbonyl (C=O) groups is 2. The lowest BCUT2D eigenvalue weighted by molar-refractivity contribution is -0.162. The van der Waals surface area contributed by atoms with Crippen molar-refractivity contribution in [2.24, 2.45) is 0 Å². The third-order valence-corrected chi connectivity index (χ3v) is 2.92. The monoisotopic (exact) mass is 215 g/mol. The largest absolute Gasteiger partial charge is 0.480 e. The summed E-state index contributed by atoms with van der Waals surface area (Å²) >= 11 is 0. The first kappa shape index (κ1) is 12.0. The number of likely N-dealkylation sites (tertiary alicyclic amines) is 1. The van der Waals surface area contributed by atoms with Crippen LogP contribution in [0.4, 0.5) is 0 Å². The molecule has 5 nitrogen and oxygen atoms in total. The smallest absolute Gasteiger partial charge is 0.329 e. The Bertz CT molecular complexity index is 266. The highest BCUT2D eigenvalue weighted by atomic mass is 16.5. The molecule has 1 unspecified atom stereocenters. The molecule has 0 spiro atoms. The van der Waals surface area contributed by atoms with E-state index in [0.29, 0.717) is 13.0 Å². The van der Waals surface area contributed by atoms with E-state index in [0.717, 1.165) is 12.8 Å². The second-order valence-corrected chi connectivity index (χ2v) is 4.01. The van der Waals surface area contributed by atoms with Crippen molar-refractivity contribution in [3.8, 4) is 0 Å². The number of methoxy groups -OCH3 is 1. The van der Waals surface area contributed by atoms with E-state index in [1.165, 1.54) is 12.0 Å². The van der Waals surface area contributed by atoms with Gasteiger partial charge in [0.2, 0.25) is 5.91 Å². The second-order valence-electron chi connectivity index (χ2n) is 4.01. The van der Waals surface area contributed by atoms with E-state index in [2.05, 4.69) is 0 Å². The summed E-state index contributed by atoms with van der Waals surface area (Å²) in [4.78, 5) is 24.2. The van der Waals surface area contributed by atoms with Crippen LogP contribution in [-0.4, -0.2) is 47.7 Å². The van der Waals surface area contributed by atoms with Gasteiger partial charge in [-0.05, 0) is 26.2 Å². The van der Waals surface area contributed by atoms with Gasteiger partial charge >= 0.3 is 5.97 Å². The van der Waals surface area contributed by atoms with Crippen LogP contribution in [0.25, 0.3) is 0 Å². The summed E-state index contributed by atoms with van der Waals surface area (Å²) in [5.41, 5.74) is -1.06. The summed E-state index contributed by atoms with van der Waals surface area (Å²) < 4.78 is 4.75. The van der Waals surface area contributed by atoms with Crippen LogP contribution >= 0.6 is 0 Å². The molecule has 1 heterocycles. The van der Waals surface area contributed by atoms with Gasteiger partial charge in [-0.25, -0.2) is 4.79 Å². The third-order valence-electron chi connectivity index (χ3n) is 2.92. The molecule has 1 aliphatic heterocycles. The number of piperidine rings is 1. The molecule has 1 rings (SSSR count). The Kier molecular flexibility index (Phi) is 3.68. The zero-order valence-electron chi connectivity index (χ0n) is 9.15. The number of ether oxygens (including phenoxy) is 1. The maximum absolute atomic E-state index is 11.7. The van der Waals surface area contributed by atoms with Gasteiger partial charge in [0.05, 0.1) is 0 Å². The van der Waals surface area contributed by atoms with Crippen LogP contribution in [0, 0.1) is 0 Å². The average molecular weight is 215 g/mol. The number of nitrogens with zero attached hydrogens (tertiary/aromatic N) is 1. The van der Waals surface area contributed by atoms with Crippen molar-refractivity contribution in [3.05, 3.63) is 0 Å². The summed E-state index contributed by atoms with van der Waals surface area (Å²) in [6, 6.07) is 0. The van der Waals surface area contributed by atoms with E-state index in [1.807, 2.05) is 0 Å². The fourth-order valence-electron chi connectivity index (χ4n) is 1.94. The van der Waals surface area contributed by atoms with Gasteiger partial charge in [0.1, 0.15) is 12.1 Å². The number of carboxylic acid groups (broad SMARTS) is 1. The maximum Gasteiger partial charge on any atom is 0.329 e. The molecule has 1 N–H and O–H groups in total. The van der Waals surface area contributed by atoms with Crippen molar-refractivity contribution in [2.45, 2.75) is 31.7 Å². The molecule has 0 saturated carbocycles. The molecule has 1 saturated heterocycles. The Morgan fingerprint density at radius 1 is 1.47 bits per heavy atom. The van der Waals surface area contributed by atoms with Gasteiger partial charge < -0.3 is 14.7 Å². The lowest BCUT2D eigenvalue weighted by Crippen LogP contribution is -2.58. The Labute approximate surface area is 89.0 Å². The van der Waals surface area contributed by atoms with Crippen LogP contribution in [0.2, 0.25) is 0 Å². The highest BCUT2D eigenvalue weighted by Gasteiger charge is 2.43. The van der Waals surface area contributed by atoms with E-state index >= 15 is 0 Å². The molecule has 0 radical (unpaired) electrons. The Morgan fingerprint density at radius 3 is 2.67 bits per heavy atom. The van der Waals surface area contributed by atoms with Crippen LogP contribution < -0.4 is 0 Å². The third kappa shape index (κ3) is 2.28. The fraction of sp³-hybridized carbons (Fsp3) is 0.800.